The van der Waals surface area contributed by atoms with Crippen LogP contribution in [0.5, 0.6) is 0 Å². The van der Waals surface area contributed by atoms with Crippen LogP contribution < -0.4 is 5.32 Å². The van der Waals surface area contributed by atoms with Crippen LogP contribution in [0.3, 0.4) is 0 Å². The van der Waals surface area contributed by atoms with Crippen molar-refractivity contribution in [1.82, 2.24) is 20.5 Å². The summed E-state index contributed by atoms with van der Waals surface area (Å²) in [6.07, 6.45) is 0.823. The summed E-state index contributed by atoms with van der Waals surface area (Å²) in [5.41, 5.74) is 2.15. The highest BCUT2D eigenvalue weighted by Gasteiger charge is 2.10. The Morgan fingerprint density at radius 3 is 2.68 bits per heavy atom. The molecule has 128 valence electrons. The van der Waals surface area contributed by atoms with Crippen LogP contribution >= 0.6 is 27.7 Å². The van der Waals surface area contributed by atoms with Gasteiger partial charge in [-0.1, -0.05) is 76.2 Å². The van der Waals surface area contributed by atoms with Crippen LogP contribution in [-0.4, -0.2) is 33.4 Å². The Morgan fingerprint density at radius 1 is 1.12 bits per heavy atom. The fourth-order valence-electron chi connectivity index (χ4n) is 2.26. The van der Waals surface area contributed by atoms with E-state index >= 15 is 0 Å². The third kappa shape index (κ3) is 5.17. The number of amides is 1. The molecule has 7 heteroatoms. The smallest absolute Gasteiger partial charge is 0.230 e. The van der Waals surface area contributed by atoms with Gasteiger partial charge in [-0.15, -0.1) is 5.10 Å². The summed E-state index contributed by atoms with van der Waals surface area (Å²) in [6, 6.07) is 17.9. The molecule has 0 fully saturated rings. The van der Waals surface area contributed by atoms with Crippen LogP contribution in [0.15, 0.2) is 64.2 Å². The van der Waals surface area contributed by atoms with E-state index in [2.05, 4.69) is 48.6 Å². The molecule has 0 unspecified atom stereocenters. The van der Waals surface area contributed by atoms with Crippen LogP contribution in [-0.2, 0) is 11.2 Å². The zero-order chi connectivity index (χ0) is 17.5. The molecule has 0 bridgehead atoms. The number of nitrogens with one attached hydrogen (secondary N) is 2. The highest BCUT2D eigenvalue weighted by atomic mass is 79.9. The molecule has 0 spiro atoms. The minimum atomic E-state index is -0.0202. The highest BCUT2D eigenvalue weighted by molar-refractivity contribution is 9.10. The maximum Gasteiger partial charge on any atom is 0.230 e. The van der Waals surface area contributed by atoms with E-state index < -0.39 is 0 Å². The highest BCUT2D eigenvalue weighted by Crippen LogP contribution is 2.26. The molecule has 0 aliphatic heterocycles. The van der Waals surface area contributed by atoms with Crippen LogP contribution in [0.2, 0.25) is 0 Å². The van der Waals surface area contributed by atoms with Gasteiger partial charge in [-0.25, -0.2) is 4.98 Å². The molecule has 1 amide bonds. The Bertz CT molecular complexity index is 838. The van der Waals surface area contributed by atoms with Gasteiger partial charge < -0.3 is 5.32 Å². The molecule has 0 aliphatic carbocycles. The lowest BCUT2D eigenvalue weighted by Crippen LogP contribution is -2.27. The monoisotopic (exact) mass is 416 g/mol. The minimum absolute atomic E-state index is 0.0202. The van der Waals surface area contributed by atoms with Crippen molar-refractivity contribution in [2.24, 2.45) is 0 Å². The first kappa shape index (κ1) is 17.7. The van der Waals surface area contributed by atoms with Gasteiger partial charge in [-0.05, 0) is 18.1 Å². The number of nitrogens with zero attached hydrogens (tertiary/aromatic N) is 2. The van der Waals surface area contributed by atoms with E-state index in [0.29, 0.717) is 23.3 Å². The number of carbonyl (C=O) groups is 1. The van der Waals surface area contributed by atoms with Gasteiger partial charge >= 0.3 is 0 Å². The Kier molecular flexibility index (Phi) is 6.25. The largest absolute Gasteiger partial charge is 0.355 e. The van der Waals surface area contributed by atoms with Crippen LogP contribution in [0.1, 0.15) is 5.56 Å². The van der Waals surface area contributed by atoms with E-state index in [1.807, 2.05) is 42.5 Å². The number of hydrogen-bond acceptors (Lipinski definition) is 4. The van der Waals surface area contributed by atoms with Crippen molar-refractivity contribution < 1.29 is 4.79 Å². The summed E-state index contributed by atoms with van der Waals surface area (Å²) >= 11 is 4.81. The van der Waals surface area contributed by atoms with E-state index in [1.54, 1.807) is 0 Å². The molecule has 3 aromatic rings. The van der Waals surface area contributed by atoms with Gasteiger partial charge in [0.25, 0.3) is 0 Å². The first-order chi connectivity index (χ1) is 12.2. The lowest BCUT2D eigenvalue weighted by atomic mass is 10.1. The Balaban J connectivity index is 1.46. The average Bonchev–Trinajstić information content (AvgIpc) is 3.10. The predicted octanol–water partition coefficient (Wildman–Crippen LogP) is 3.69. The van der Waals surface area contributed by atoms with Crippen molar-refractivity contribution in [3.63, 3.8) is 0 Å². The summed E-state index contributed by atoms with van der Waals surface area (Å²) in [5.74, 6) is 0.954. The van der Waals surface area contributed by atoms with Gasteiger partial charge in [-0.3, -0.25) is 9.89 Å². The van der Waals surface area contributed by atoms with Crippen molar-refractivity contribution in [2.45, 2.75) is 11.6 Å². The van der Waals surface area contributed by atoms with Crippen molar-refractivity contribution in [3.05, 3.63) is 64.6 Å². The average molecular weight is 417 g/mol. The second-order valence-electron chi connectivity index (χ2n) is 5.32. The van der Waals surface area contributed by atoms with Gasteiger partial charge in [0.2, 0.25) is 11.1 Å². The predicted molar refractivity (Wildman–Crippen MR) is 103 cm³/mol. The molecule has 5 nitrogen and oxygen atoms in total. The number of H-pyrrole nitrogens is 1. The van der Waals surface area contributed by atoms with E-state index in [0.717, 1.165) is 16.5 Å². The third-order valence-corrected chi connectivity index (χ3v) is 5.04. The molecule has 0 saturated carbocycles. The van der Waals surface area contributed by atoms with E-state index in [-0.39, 0.29) is 5.91 Å². The van der Waals surface area contributed by atoms with Crippen molar-refractivity contribution in [1.29, 1.82) is 0 Å². The Hall–Kier alpha value is -2.12. The molecular weight excluding hydrogens is 400 g/mol. The summed E-state index contributed by atoms with van der Waals surface area (Å²) in [7, 11) is 0. The normalized spacial score (nSPS) is 10.6. The van der Waals surface area contributed by atoms with Gasteiger partial charge in [0.05, 0.1) is 5.75 Å². The Morgan fingerprint density at radius 2 is 1.88 bits per heavy atom. The van der Waals surface area contributed by atoms with Gasteiger partial charge in [0.15, 0.2) is 5.82 Å². The maximum atomic E-state index is 11.9. The molecule has 0 saturated heterocycles. The number of carbonyl (C=O) groups excluding carboxylic acids is 1. The molecule has 1 aromatic heterocycles. The molecule has 3 rings (SSSR count). The number of rotatable bonds is 7. The van der Waals surface area contributed by atoms with Crippen molar-refractivity contribution in [3.8, 4) is 11.4 Å². The summed E-state index contributed by atoms with van der Waals surface area (Å²) in [5, 5.41) is 10.5. The number of halogens is 1. The molecule has 0 aliphatic rings. The zero-order valence-electron chi connectivity index (χ0n) is 13.4. The van der Waals surface area contributed by atoms with E-state index in [1.165, 1.54) is 17.3 Å². The first-order valence-corrected chi connectivity index (χ1v) is 9.61. The summed E-state index contributed by atoms with van der Waals surface area (Å²) in [6.45, 7) is 0.625. The van der Waals surface area contributed by atoms with Crippen molar-refractivity contribution in [2.75, 3.05) is 12.3 Å². The molecular formula is C18H17BrN4OS. The fraction of sp³-hybridized carbons (Fsp3) is 0.167. The fourth-order valence-corrected chi connectivity index (χ4v) is 3.36. The number of aromatic nitrogens is 3. The number of benzene rings is 2. The molecule has 2 aromatic carbocycles. The van der Waals surface area contributed by atoms with Gasteiger partial charge in [0.1, 0.15) is 0 Å². The van der Waals surface area contributed by atoms with Crippen LogP contribution in [0, 0.1) is 0 Å². The molecule has 1 heterocycles. The second-order valence-corrected chi connectivity index (χ2v) is 7.12. The summed E-state index contributed by atoms with van der Waals surface area (Å²) in [4.78, 5) is 16.4. The van der Waals surface area contributed by atoms with Crippen LogP contribution in [0.4, 0.5) is 0 Å². The summed E-state index contributed by atoms with van der Waals surface area (Å²) < 4.78 is 0.946. The maximum absolute atomic E-state index is 11.9. The van der Waals surface area contributed by atoms with E-state index in [4.69, 9.17) is 0 Å². The Labute approximate surface area is 158 Å². The standard InChI is InChI=1S/C18H17BrN4OS/c19-15-9-5-4-8-14(15)17-21-18(23-22-17)25-12-16(24)20-11-10-13-6-2-1-3-7-13/h1-9H,10-12H2,(H,20,24)(H,21,22,23). The second kappa shape index (κ2) is 8.82. The van der Waals surface area contributed by atoms with Gasteiger partial charge in [0, 0.05) is 16.6 Å². The third-order valence-electron chi connectivity index (χ3n) is 3.50. The number of thioether (sulfide) groups is 1. The lowest BCUT2D eigenvalue weighted by molar-refractivity contribution is -0.118. The zero-order valence-corrected chi connectivity index (χ0v) is 15.8. The van der Waals surface area contributed by atoms with Crippen LogP contribution in [0.25, 0.3) is 11.4 Å². The lowest BCUT2D eigenvalue weighted by Gasteiger charge is -2.04. The van der Waals surface area contributed by atoms with Gasteiger partial charge in [-0.2, -0.15) is 0 Å². The van der Waals surface area contributed by atoms with Crippen molar-refractivity contribution >= 4 is 33.6 Å². The quantitative estimate of drug-likeness (QED) is 0.576. The molecule has 25 heavy (non-hydrogen) atoms. The van der Waals surface area contributed by atoms with E-state index in [9.17, 15) is 4.79 Å². The topological polar surface area (TPSA) is 70.7 Å². The first-order valence-electron chi connectivity index (χ1n) is 7.83. The molecule has 2 N–H and O–H groups in total. The molecule has 0 radical (unpaired) electrons. The SMILES string of the molecule is O=C(CSc1n[nH]c(-c2ccccc2Br)n1)NCCc1ccccc1. The number of aromatic amines is 1. The molecule has 0 atom stereocenters. The minimum Gasteiger partial charge on any atom is -0.355 e. The number of hydrogen-bond donors (Lipinski definition) is 2.